The first kappa shape index (κ1) is 15.9. The summed E-state index contributed by atoms with van der Waals surface area (Å²) < 4.78 is 7.96. The van der Waals surface area contributed by atoms with Gasteiger partial charge in [0.05, 0.1) is 17.6 Å². The minimum Gasteiger partial charge on any atom is -0.480 e. The van der Waals surface area contributed by atoms with Crippen molar-refractivity contribution in [3.8, 4) is 11.6 Å². The van der Waals surface area contributed by atoms with Gasteiger partial charge in [0, 0.05) is 20.1 Å². The number of carboxylic acid groups (broad SMARTS) is 1. The van der Waals surface area contributed by atoms with Crippen LogP contribution in [0.5, 0.6) is 0 Å². The molecule has 25 heavy (non-hydrogen) atoms. The highest BCUT2D eigenvalue weighted by molar-refractivity contribution is 5.80. The summed E-state index contributed by atoms with van der Waals surface area (Å²) in [5.41, 5.74) is 6.73. The van der Waals surface area contributed by atoms with Gasteiger partial charge in [-0.15, -0.1) is 0 Å². The zero-order valence-corrected chi connectivity index (χ0v) is 14.0. The maximum absolute atomic E-state index is 11.2. The molecule has 4 rings (SSSR count). The summed E-state index contributed by atoms with van der Waals surface area (Å²) >= 11 is 0. The average molecular weight is 340 g/mol. The Kier molecular flexibility index (Phi) is 3.63. The lowest BCUT2D eigenvalue weighted by molar-refractivity contribution is -0.142. The zero-order valence-electron chi connectivity index (χ0n) is 14.0. The first-order valence-electron chi connectivity index (χ1n) is 8.21. The quantitative estimate of drug-likeness (QED) is 0.752. The van der Waals surface area contributed by atoms with Crippen molar-refractivity contribution in [1.29, 1.82) is 0 Å². The van der Waals surface area contributed by atoms with Crippen LogP contribution in [-0.2, 0) is 18.4 Å². The molecular weight excluding hydrogens is 320 g/mol. The first-order valence-corrected chi connectivity index (χ1v) is 8.21. The van der Waals surface area contributed by atoms with E-state index in [-0.39, 0.29) is 0 Å². The number of nitrogens with two attached hydrogens (primary N) is 1. The second kappa shape index (κ2) is 5.72. The molecule has 3 aromatic rings. The van der Waals surface area contributed by atoms with E-state index in [1.807, 2.05) is 52.9 Å². The summed E-state index contributed by atoms with van der Waals surface area (Å²) in [5, 5.41) is 9.22. The first-order chi connectivity index (χ1) is 12.0. The molecule has 3 heterocycles. The van der Waals surface area contributed by atoms with Crippen molar-refractivity contribution < 1.29 is 14.3 Å². The molecular formula is C18H20N4O3. The molecule has 7 nitrogen and oxygen atoms in total. The normalized spacial score (nSPS) is 21.2. The van der Waals surface area contributed by atoms with Crippen LogP contribution >= 0.6 is 0 Å². The van der Waals surface area contributed by atoms with Crippen LogP contribution in [0.15, 0.2) is 40.8 Å². The van der Waals surface area contributed by atoms with Gasteiger partial charge in [0.25, 0.3) is 0 Å². The number of hydrogen-bond acceptors (Lipinski definition) is 5. The monoisotopic (exact) mass is 340 g/mol. The van der Waals surface area contributed by atoms with E-state index in [4.69, 9.17) is 10.2 Å². The number of carbonyl (C=O) groups is 1. The number of likely N-dealkylation sites (tertiary alicyclic amines) is 1. The van der Waals surface area contributed by atoms with Crippen LogP contribution in [-0.4, -0.2) is 44.2 Å². The molecule has 0 radical (unpaired) electrons. The number of rotatable bonds is 4. The van der Waals surface area contributed by atoms with Gasteiger partial charge in [-0.3, -0.25) is 9.69 Å². The van der Waals surface area contributed by atoms with Crippen molar-refractivity contribution in [3.05, 3.63) is 42.2 Å². The van der Waals surface area contributed by atoms with Gasteiger partial charge in [0.15, 0.2) is 11.6 Å². The molecule has 0 amide bonds. The lowest BCUT2D eigenvalue weighted by Gasteiger charge is -2.19. The number of carboxylic acids is 1. The molecule has 1 aromatic carbocycles. The second-order valence-electron chi connectivity index (χ2n) is 6.67. The number of imidazole rings is 1. The predicted octanol–water partition coefficient (Wildman–Crippen LogP) is 1.82. The molecule has 0 aliphatic carbocycles. The number of furan rings is 1. The fraction of sp³-hybridized carbons (Fsp3) is 0.333. The van der Waals surface area contributed by atoms with E-state index < -0.39 is 11.5 Å². The SMILES string of the molecule is Cn1c(-c2ccc(CN3CCC(N)(C(=O)O)C3)o2)nc2ccccc21. The standard InChI is InChI=1S/C18H20N4O3/c1-21-14-5-3-2-4-13(14)20-16(21)15-7-6-12(25-15)10-22-9-8-18(19,11-22)17(23)24/h2-7H,8-11,19H2,1H3,(H,23,24). The van der Waals surface area contributed by atoms with Gasteiger partial charge in [-0.2, -0.15) is 0 Å². The van der Waals surface area contributed by atoms with Crippen molar-refractivity contribution in [3.63, 3.8) is 0 Å². The maximum atomic E-state index is 11.2. The Hall–Kier alpha value is -2.64. The number of para-hydroxylation sites is 2. The van der Waals surface area contributed by atoms with E-state index in [2.05, 4.69) is 4.98 Å². The molecule has 3 N–H and O–H groups in total. The maximum Gasteiger partial charge on any atom is 0.325 e. The van der Waals surface area contributed by atoms with Gasteiger partial charge in [-0.25, -0.2) is 4.98 Å². The van der Waals surface area contributed by atoms with Crippen molar-refractivity contribution in [2.45, 2.75) is 18.5 Å². The average Bonchev–Trinajstić information content (AvgIpc) is 3.27. The molecule has 1 aliphatic rings. The van der Waals surface area contributed by atoms with E-state index in [1.54, 1.807) is 0 Å². The highest BCUT2D eigenvalue weighted by atomic mass is 16.4. The number of aliphatic carboxylic acids is 1. The van der Waals surface area contributed by atoms with Crippen molar-refractivity contribution >= 4 is 17.0 Å². The van der Waals surface area contributed by atoms with E-state index in [9.17, 15) is 9.90 Å². The van der Waals surface area contributed by atoms with Crippen molar-refractivity contribution in [2.75, 3.05) is 13.1 Å². The molecule has 0 saturated carbocycles. The number of hydrogen-bond donors (Lipinski definition) is 2. The number of aromatic nitrogens is 2. The molecule has 1 fully saturated rings. The molecule has 1 saturated heterocycles. The Labute approximate surface area is 144 Å². The molecule has 130 valence electrons. The van der Waals surface area contributed by atoms with E-state index in [0.717, 1.165) is 22.6 Å². The lowest BCUT2D eigenvalue weighted by atomic mass is 10.0. The van der Waals surface area contributed by atoms with Gasteiger partial charge in [-0.05, 0) is 30.7 Å². The molecule has 2 aromatic heterocycles. The topological polar surface area (TPSA) is 97.5 Å². The summed E-state index contributed by atoms with van der Waals surface area (Å²) in [4.78, 5) is 17.9. The number of aryl methyl sites for hydroxylation is 1. The molecule has 1 unspecified atom stereocenters. The fourth-order valence-corrected chi connectivity index (χ4v) is 3.39. The van der Waals surface area contributed by atoms with Crippen LogP contribution in [0.1, 0.15) is 12.2 Å². The summed E-state index contributed by atoms with van der Waals surface area (Å²) in [6.45, 7) is 1.51. The Bertz CT molecular complexity index is 945. The Morgan fingerprint density at radius 2 is 2.16 bits per heavy atom. The Morgan fingerprint density at radius 3 is 2.88 bits per heavy atom. The van der Waals surface area contributed by atoms with Crippen LogP contribution in [0.2, 0.25) is 0 Å². The van der Waals surface area contributed by atoms with Crippen LogP contribution in [0.4, 0.5) is 0 Å². The predicted molar refractivity (Wildman–Crippen MR) is 92.9 cm³/mol. The molecule has 1 aliphatic heterocycles. The third-order valence-corrected chi connectivity index (χ3v) is 4.85. The number of fused-ring (bicyclic) bond motifs is 1. The van der Waals surface area contributed by atoms with E-state index in [0.29, 0.717) is 31.8 Å². The van der Waals surface area contributed by atoms with Gasteiger partial charge in [0.2, 0.25) is 0 Å². The molecule has 0 spiro atoms. The summed E-state index contributed by atoms with van der Waals surface area (Å²) in [6, 6.07) is 11.7. The van der Waals surface area contributed by atoms with Crippen LogP contribution in [0.25, 0.3) is 22.6 Å². The third kappa shape index (κ3) is 2.71. The van der Waals surface area contributed by atoms with E-state index in [1.165, 1.54) is 0 Å². The minimum atomic E-state index is -1.16. The molecule has 1 atom stereocenters. The van der Waals surface area contributed by atoms with Crippen LogP contribution < -0.4 is 5.73 Å². The Morgan fingerprint density at radius 1 is 1.36 bits per heavy atom. The third-order valence-electron chi connectivity index (χ3n) is 4.85. The highest BCUT2D eigenvalue weighted by Gasteiger charge is 2.41. The summed E-state index contributed by atoms with van der Waals surface area (Å²) in [5.74, 6) is 1.30. The summed E-state index contributed by atoms with van der Waals surface area (Å²) in [7, 11) is 1.96. The van der Waals surface area contributed by atoms with Gasteiger partial charge >= 0.3 is 5.97 Å². The number of nitrogens with zero attached hydrogens (tertiary/aromatic N) is 3. The van der Waals surface area contributed by atoms with Crippen LogP contribution in [0, 0.1) is 0 Å². The smallest absolute Gasteiger partial charge is 0.325 e. The number of benzene rings is 1. The largest absolute Gasteiger partial charge is 0.480 e. The van der Waals surface area contributed by atoms with E-state index >= 15 is 0 Å². The van der Waals surface area contributed by atoms with Crippen LogP contribution in [0.3, 0.4) is 0 Å². The van der Waals surface area contributed by atoms with Crippen molar-refractivity contribution in [1.82, 2.24) is 14.5 Å². The molecule has 7 heteroatoms. The lowest BCUT2D eigenvalue weighted by Crippen LogP contribution is -2.49. The highest BCUT2D eigenvalue weighted by Crippen LogP contribution is 2.27. The minimum absolute atomic E-state index is 0.324. The van der Waals surface area contributed by atoms with Gasteiger partial charge < -0.3 is 19.8 Å². The van der Waals surface area contributed by atoms with Gasteiger partial charge in [-0.1, -0.05) is 12.1 Å². The second-order valence-corrected chi connectivity index (χ2v) is 6.67. The molecule has 0 bridgehead atoms. The Balaban J connectivity index is 1.54. The van der Waals surface area contributed by atoms with Crippen molar-refractivity contribution in [2.24, 2.45) is 12.8 Å². The zero-order chi connectivity index (χ0) is 17.6. The van der Waals surface area contributed by atoms with Gasteiger partial charge in [0.1, 0.15) is 11.3 Å². The fourth-order valence-electron chi connectivity index (χ4n) is 3.39. The summed E-state index contributed by atoms with van der Waals surface area (Å²) in [6.07, 6.45) is 0.445.